The lowest BCUT2D eigenvalue weighted by Gasteiger charge is -2.14. The number of para-hydroxylation sites is 1. The molecule has 0 bridgehead atoms. The zero-order valence-electron chi connectivity index (χ0n) is 16.4. The van der Waals surface area contributed by atoms with Gasteiger partial charge in [-0.2, -0.15) is 0 Å². The Morgan fingerprint density at radius 2 is 1.40 bits per heavy atom. The van der Waals surface area contributed by atoms with Crippen LogP contribution in [0.15, 0.2) is 78.9 Å². The average Bonchev–Trinajstić information content (AvgIpc) is 3.08. The van der Waals surface area contributed by atoms with Crippen LogP contribution in [0.2, 0.25) is 0 Å². The number of hydrogen-bond donors (Lipinski definition) is 0. The number of nitrogens with zero attached hydrogens (tertiary/aromatic N) is 1. The number of carbonyl (C=O) groups excluding carboxylic acids is 3. The highest BCUT2D eigenvalue weighted by Gasteiger charge is 2.28. The Kier molecular flexibility index (Phi) is 5.70. The van der Waals surface area contributed by atoms with E-state index in [0.29, 0.717) is 17.7 Å². The lowest BCUT2D eigenvalue weighted by molar-refractivity contribution is -0.139. The van der Waals surface area contributed by atoms with Crippen LogP contribution in [0, 0.1) is 0 Å². The van der Waals surface area contributed by atoms with Crippen LogP contribution in [-0.2, 0) is 22.6 Å². The maximum atomic E-state index is 12.6. The van der Waals surface area contributed by atoms with E-state index in [4.69, 9.17) is 4.74 Å². The van der Waals surface area contributed by atoms with Gasteiger partial charge in [0.25, 0.3) is 0 Å². The molecular formula is C25H21NO4. The van der Waals surface area contributed by atoms with Crippen molar-refractivity contribution in [2.24, 2.45) is 0 Å². The molecule has 0 radical (unpaired) electrons. The van der Waals surface area contributed by atoms with Gasteiger partial charge >= 0.3 is 5.97 Å². The van der Waals surface area contributed by atoms with Gasteiger partial charge in [-0.05, 0) is 34.9 Å². The summed E-state index contributed by atoms with van der Waals surface area (Å²) in [7, 11) is 0. The SMILES string of the molecule is O=C(Oc1ccccc1Cc1ccccc1)c1ccc(CN2C(=O)CCC2=O)cc1. The molecule has 1 aliphatic rings. The number of amides is 2. The van der Waals surface area contributed by atoms with Crippen LogP contribution in [0.25, 0.3) is 0 Å². The van der Waals surface area contributed by atoms with E-state index in [2.05, 4.69) is 0 Å². The van der Waals surface area contributed by atoms with E-state index in [1.54, 1.807) is 30.3 Å². The molecule has 0 spiro atoms. The van der Waals surface area contributed by atoms with Crippen molar-refractivity contribution in [3.63, 3.8) is 0 Å². The van der Waals surface area contributed by atoms with E-state index in [1.165, 1.54) is 4.90 Å². The Hall–Kier alpha value is -3.73. The van der Waals surface area contributed by atoms with Crippen molar-refractivity contribution in [2.45, 2.75) is 25.8 Å². The number of ether oxygens (including phenoxy) is 1. The van der Waals surface area contributed by atoms with Crippen LogP contribution >= 0.6 is 0 Å². The molecule has 150 valence electrons. The van der Waals surface area contributed by atoms with Gasteiger partial charge in [0.2, 0.25) is 11.8 Å². The molecule has 0 N–H and O–H groups in total. The van der Waals surface area contributed by atoms with Crippen molar-refractivity contribution in [1.82, 2.24) is 4.90 Å². The summed E-state index contributed by atoms with van der Waals surface area (Å²) >= 11 is 0. The van der Waals surface area contributed by atoms with Crippen LogP contribution in [-0.4, -0.2) is 22.7 Å². The highest BCUT2D eigenvalue weighted by atomic mass is 16.5. The highest BCUT2D eigenvalue weighted by molar-refractivity contribution is 6.01. The molecule has 3 aromatic carbocycles. The molecule has 0 aromatic heterocycles. The first-order valence-electron chi connectivity index (χ1n) is 9.86. The molecule has 4 rings (SSSR count). The van der Waals surface area contributed by atoms with Crippen LogP contribution in [0.4, 0.5) is 0 Å². The lowest BCUT2D eigenvalue weighted by atomic mass is 10.0. The van der Waals surface area contributed by atoms with Gasteiger partial charge < -0.3 is 4.74 Å². The largest absolute Gasteiger partial charge is 0.423 e. The Labute approximate surface area is 174 Å². The predicted molar refractivity (Wildman–Crippen MR) is 112 cm³/mol. The fourth-order valence-corrected chi connectivity index (χ4v) is 3.45. The van der Waals surface area contributed by atoms with Crippen molar-refractivity contribution < 1.29 is 19.1 Å². The predicted octanol–water partition coefficient (Wildman–Crippen LogP) is 4.15. The zero-order chi connectivity index (χ0) is 20.9. The number of benzene rings is 3. The second-order valence-electron chi connectivity index (χ2n) is 7.23. The summed E-state index contributed by atoms with van der Waals surface area (Å²) in [6.07, 6.45) is 1.21. The molecule has 0 saturated carbocycles. The van der Waals surface area contributed by atoms with Gasteiger partial charge in [-0.25, -0.2) is 4.79 Å². The second kappa shape index (κ2) is 8.74. The van der Waals surface area contributed by atoms with Crippen molar-refractivity contribution in [3.05, 3.63) is 101 Å². The molecule has 1 saturated heterocycles. The van der Waals surface area contributed by atoms with E-state index in [9.17, 15) is 14.4 Å². The maximum absolute atomic E-state index is 12.6. The summed E-state index contributed by atoms with van der Waals surface area (Å²) in [5.41, 5.74) is 3.27. The minimum absolute atomic E-state index is 0.154. The molecule has 5 heteroatoms. The van der Waals surface area contributed by atoms with Crippen LogP contribution < -0.4 is 4.74 Å². The number of rotatable bonds is 6. The first-order valence-corrected chi connectivity index (χ1v) is 9.86. The first kappa shape index (κ1) is 19.6. The Morgan fingerprint density at radius 1 is 0.767 bits per heavy atom. The Balaban J connectivity index is 1.44. The summed E-state index contributed by atoms with van der Waals surface area (Å²) in [4.78, 5) is 37.4. The lowest BCUT2D eigenvalue weighted by Crippen LogP contribution is -2.28. The first-order chi connectivity index (χ1) is 14.6. The van der Waals surface area contributed by atoms with Gasteiger partial charge in [-0.3, -0.25) is 14.5 Å². The Bertz CT molecular complexity index is 1060. The molecule has 1 fully saturated rings. The molecule has 0 aliphatic carbocycles. The van der Waals surface area contributed by atoms with Gasteiger partial charge in [0.15, 0.2) is 0 Å². The van der Waals surface area contributed by atoms with Crippen molar-refractivity contribution >= 4 is 17.8 Å². The third-order valence-electron chi connectivity index (χ3n) is 5.10. The van der Waals surface area contributed by atoms with Crippen molar-refractivity contribution in [2.75, 3.05) is 0 Å². The molecule has 30 heavy (non-hydrogen) atoms. The van der Waals surface area contributed by atoms with E-state index < -0.39 is 5.97 Å². The smallest absolute Gasteiger partial charge is 0.343 e. The van der Waals surface area contributed by atoms with Crippen molar-refractivity contribution in [3.8, 4) is 5.75 Å². The third-order valence-corrected chi connectivity index (χ3v) is 5.10. The van der Waals surface area contributed by atoms with Gasteiger partial charge in [0, 0.05) is 19.3 Å². The van der Waals surface area contributed by atoms with E-state index >= 15 is 0 Å². The zero-order valence-corrected chi connectivity index (χ0v) is 16.4. The maximum Gasteiger partial charge on any atom is 0.343 e. The van der Waals surface area contributed by atoms with Crippen LogP contribution in [0.3, 0.4) is 0 Å². The van der Waals surface area contributed by atoms with Gasteiger partial charge in [-0.15, -0.1) is 0 Å². The fourth-order valence-electron chi connectivity index (χ4n) is 3.45. The monoisotopic (exact) mass is 399 g/mol. The van der Waals surface area contributed by atoms with E-state index in [-0.39, 0.29) is 31.2 Å². The van der Waals surface area contributed by atoms with Gasteiger partial charge in [0.05, 0.1) is 12.1 Å². The minimum atomic E-state index is -0.449. The molecule has 0 atom stereocenters. The molecule has 5 nitrogen and oxygen atoms in total. The number of imide groups is 1. The number of carbonyl (C=O) groups is 3. The van der Waals surface area contributed by atoms with Crippen molar-refractivity contribution in [1.29, 1.82) is 0 Å². The third kappa shape index (κ3) is 4.46. The molecule has 1 aliphatic heterocycles. The molecular weight excluding hydrogens is 378 g/mol. The van der Waals surface area contributed by atoms with Gasteiger partial charge in [0.1, 0.15) is 5.75 Å². The summed E-state index contributed by atoms with van der Waals surface area (Å²) in [5.74, 6) is -0.226. The fraction of sp³-hybridized carbons (Fsp3) is 0.160. The molecule has 3 aromatic rings. The summed E-state index contributed by atoms with van der Waals surface area (Å²) in [6.45, 7) is 0.229. The molecule has 0 unspecified atom stereocenters. The normalized spacial score (nSPS) is 13.5. The Morgan fingerprint density at radius 3 is 2.10 bits per heavy atom. The van der Waals surface area contributed by atoms with E-state index in [1.807, 2.05) is 48.5 Å². The number of esters is 1. The number of likely N-dealkylation sites (tertiary alicyclic amines) is 1. The van der Waals surface area contributed by atoms with Gasteiger partial charge in [-0.1, -0.05) is 60.7 Å². The second-order valence-corrected chi connectivity index (χ2v) is 7.23. The van der Waals surface area contributed by atoms with E-state index in [0.717, 1.165) is 16.7 Å². The molecule has 2 amide bonds. The summed E-state index contributed by atoms with van der Waals surface area (Å²) in [5, 5.41) is 0. The van der Waals surface area contributed by atoms with Crippen LogP contribution in [0.1, 0.15) is 39.9 Å². The average molecular weight is 399 g/mol. The summed E-state index contributed by atoms with van der Waals surface area (Å²) < 4.78 is 5.65. The standard InChI is InChI=1S/C25H21NO4/c27-23-14-15-24(28)26(23)17-19-10-12-20(13-11-19)25(29)30-22-9-5-4-8-21(22)16-18-6-2-1-3-7-18/h1-13H,14-17H2. The minimum Gasteiger partial charge on any atom is -0.423 e. The number of hydrogen-bond acceptors (Lipinski definition) is 4. The van der Waals surface area contributed by atoms with Crippen LogP contribution in [0.5, 0.6) is 5.75 Å². The highest BCUT2D eigenvalue weighted by Crippen LogP contribution is 2.23. The summed E-state index contributed by atoms with van der Waals surface area (Å²) in [6, 6.07) is 24.3. The molecule has 1 heterocycles. The topological polar surface area (TPSA) is 63.7 Å². The quantitative estimate of drug-likeness (QED) is 0.355.